The van der Waals surface area contributed by atoms with E-state index >= 15 is 0 Å². The molecule has 0 spiro atoms. The van der Waals surface area contributed by atoms with Crippen molar-refractivity contribution in [1.82, 2.24) is 19.9 Å². The highest BCUT2D eigenvalue weighted by atomic mass is 16.5. The number of nitrogens with one attached hydrogen (secondary N) is 2. The number of hydrogen-bond donors (Lipinski definition) is 2. The quantitative estimate of drug-likeness (QED) is 0.304. The van der Waals surface area contributed by atoms with E-state index in [0.29, 0.717) is 53.7 Å². The van der Waals surface area contributed by atoms with Gasteiger partial charge in [-0.15, -0.1) is 0 Å². The number of carbonyl (C=O) groups is 1. The molecule has 12 heteroatoms. The third kappa shape index (κ3) is 7.36. The first-order valence-corrected chi connectivity index (χ1v) is 13.0. The van der Waals surface area contributed by atoms with Gasteiger partial charge in [-0.1, -0.05) is 12.6 Å². The van der Waals surface area contributed by atoms with Gasteiger partial charge in [-0.25, -0.2) is 9.97 Å². The first kappa shape index (κ1) is 28.6. The second-order valence-corrected chi connectivity index (χ2v) is 8.73. The smallest absolute Gasteiger partial charge is 0.247 e. The molecule has 0 bridgehead atoms. The molecule has 1 saturated heterocycles. The predicted octanol–water partition coefficient (Wildman–Crippen LogP) is 3.63. The summed E-state index contributed by atoms with van der Waals surface area (Å²) in [6.07, 6.45) is 2.66. The third-order valence-corrected chi connectivity index (χ3v) is 6.20. The number of methoxy groups -OCH3 is 2. The van der Waals surface area contributed by atoms with Gasteiger partial charge in [0.25, 0.3) is 0 Å². The molecule has 0 atom stereocenters. The van der Waals surface area contributed by atoms with Crippen LogP contribution in [-0.2, 0) is 9.53 Å². The predicted molar refractivity (Wildman–Crippen MR) is 153 cm³/mol. The van der Waals surface area contributed by atoms with Crippen LogP contribution in [0, 0.1) is 0 Å². The lowest BCUT2D eigenvalue weighted by Gasteiger charge is -2.27. The van der Waals surface area contributed by atoms with E-state index in [1.165, 1.54) is 12.4 Å². The molecule has 0 saturated carbocycles. The molecule has 0 aliphatic carbocycles. The standard InChI is InChI=1S/C28H35N7O5/c1-5-25(36)31-20-8-7-9-21(16-20)32-27-29-19-30-28(33-27)35(6-2)22-17-23(37-3)26(38-4)24(18-22)40-15-12-34-10-13-39-14-11-34/h5,7-9,16-19H,1,6,10-15H2,2-4H3,(H,31,36)(H,29,30,32,33). The lowest BCUT2D eigenvalue weighted by molar-refractivity contribution is -0.111. The van der Waals surface area contributed by atoms with Crippen molar-refractivity contribution in [2.75, 3.05) is 75.8 Å². The Kier molecular flexibility index (Phi) is 10.1. The van der Waals surface area contributed by atoms with Crippen LogP contribution in [0.4, 0.5) is 29.0 Å². The summed E-state index contributed by atoms with van der Waals surface area (Å²) < 4.78 is 22.9. The highest BCUT2D eigenvalue weighted by molar-refractivity contribution is 5.99. The molecule has 0 radical (unpaired) electrons. The number of hydrogen-bond acceptors (Lipinski definition) is 11. The summed E-state index contributed by atoms with van der Waals surface area (Å²) in [6, 6.07) is 11.0. The summed E-state index contributed by atoms with van der Waals surface area (Å²) in [7, 11) is 3.18. The number of benzene rings is 2. The number of rotatable bonds is 13. The lowest BCUT2D eigenvalue weighted by Crippen LogP contribution is -2.38. The highest BCUT2D eigenvalue weighted by Gasteiger charge is 2.20. The zero-order chi connectivity index (χ0) is 28.3. The van der Waals surface area contributed by atoms with E-state index in [9.17, 15) is 4.79 Å². The molecule has 4 rings (SSSR count). The molecule has 212 valence electrons. The molecule has 12 nitrogen and oxygen atoms in total. The molecule has 1 aromatic heterocycles. The second kappa shape index (κ2) is 14.1. The first-order chi connectivity index (χ1) is 19.5. The minimum Gasteiger partial charge on any atom is -0.493 e. The maximum atomic E-state index is 11.7. The molecular formula is C28H35N7O5. The zero-order valence-corrected chi connectivity index (χ0v) is 23.1. The van der Waals surface area contributed by atoms with E-state index in [1.54, 1.807) is 26.4 Å². The monoisotopic (exact) mass is 549 g/mol. The van der Waals surface area contributed by atoms with Crippen LogP contribution >= 0.6 is 0 Å². The Hall–Kier alpha value is -4.42. The fourth-order valence-electron chi connectivity index (χ4n) is 4.20. The van der Waals surface area contributed by atoms with Crippen LogP contribution in [0.5, 0.6) is 17.2 Å². The molecule has 1 aliphatic rings. The fourth-order valence-corrected chi connectivity index (χ4v) is 4.20. The van der Waals surface area contributed by atoms with Crippen molar-refractivity contribution in [1.29, 1.82) is 0 Å². The zero-order valence-electron chi connectivity index (χ0n) is 23.1. The maximum Gasteiger partial charge on any atom is 0.247 e. The number of morpholine rings is 1. The summed E-state index contributed by atoms with van der Waals surface area (Å²) in [5.74, 6) is 2.10. The van der Waals surface area contributed by atoms with Gasteiger partial charge in [-0.05, 0) is 31.2 Å². The third-order valence-electron chi connectivity index (χ3n) is 6.20. The summed E-state index contributed by atoms with van der Waals surface area (Å²) in [5, 5.41) is 5.90. The van der Waals surface area contributed by atoms with Crippen molar-refractivity contribution < 1.29 is 23.7 Å². The van der Waals surface area contributed by atoms with Crippen molar-refractivity contribution in [2.45, 2.75) is 6.92 Å². The lowest BCUT2D eigenvalue weighted by atomic mass is 10.2. The summed E-state index contributed by atoms with van der Waals surface area (Å²) in [6.45, 7) is 10.5. The number of aromatic nitrogens is 3. The van der Waals surface area contributed by atoms with Crippen LogP contribution in [0.1, 0.15) is 6.92 Å². The molecule has 2 N–H and O–H groups in total. The van der Waals surface area contributed by atoms with Crippen molar-refractivity contribution in [3.8, 4) is 17.2 Å². The first-order valence-electron chi connectivity index (χ1n) is 13.0. The number of carbonyl (C=O) groups excluding carboxylic acids is 1. The van der Waals surface area contributed by atoms with E-state index in [4.69, 9.17) is 18.9 Å². The summed E-state index contributed by atoms with van der Waals surface area (Å²) >= 11 is 0. The maximum absolute atomic E-state index is 11.7. The van der Waals surface area contributed by atoms with E-state index < -0.39 is 0 Å². The van der Waals surface area contributed by atoms with Gasteiger partial charge < -0.3 is 34.5 Å². The Labute approximate surface area is 233 Å². The molecule has 1 amide bonds. The number of anilines is 5. The van der Waals surface area contributed by atoms with Crippen molar-refractivity contribution in [3.05, 3.63) is 55.4 Å². The summed E-state index contributed by atoms with van der Waals surface area (Å²) in [4.78, 5) is 29.2. The molecule has 3 aromatic rings. The Morgan fingerprint density at radius 3 is 2.62 bits per heavy atom. The molecule has 2 aromatic carbocycles. The van der Waals surface area contributed by atoms with Gasteiger partial charge in [0.1, 0.15) is 12.9 Å². The van der Waals surface area contributed by atoms with Crippen LogP contribution < -0.4 is 29.7 Å². The Balaban J connectivity index is 1.55. The van der Waals surface area contributed by atoms with Gasteiger partial charge >= 0.3 is 0 Å². The molecule has 1 fully saturated rings. The highest BCUT2D eigenvalue weighted by Crippen LogP contribution is 2.42. The van der Waals surface area contributed by atoms with Gasteiger partial charge in [-0.2, -0.15) is 4.98 Å². The van der Waals surface area contributed by atoms with Crippen LogP contribution in [-0.4, -0.2) is 86.0 Å². The van der Waals surface area contributed by atoms with E-state index in [-0.39, 0.29) is 5.91 Å². The normalized spacial score (nSPS) is 13.3. The minimum atomic E-state index is -0.294. The van der Waals surface area contributed by atoms with Gasteiger partial charge in [0, 0.05) is 49.7 Å². The minimum absolute atomic E-state index is 0.294. The second-order valence-electron chi connectivity index (χ2n) is 8.73. The molecule has 40 heavy (non-hydrogen) atoms. The Morgan fingerprint density at radius 2 is 1.90 bits per heavy atom. The van der Waals surface area contributed by atoms with Crippen LogP contribution in [0.15, 0.2) is 55.4 Å². The number of ether oxygens (including phenoxy) is 4. The van der Waals surface area contributed by atoms with Gasteiger partial charge in [0.15, 0.2) is 11.5 Å². The van der Waals surface area contributed by atoms with Crippen LogP contribution in [0.25, 0.3) is 0 Å². The van der Waals surface area contributed by atoms with E-state index in [0.717, 1.165) is 38.5 Å². The Morgan fingerprint density at radius 1 is 1.12 bits per heavy atom. The van der Waals surface area contributed by atoms with Gasteiger partial charge in [0.05, 0.1) is 33.1 Å². The summed E-state index contributed by atoms with van der Waals surface area (Å²) in [5.41, 5.74) is 2.09. The van der Waals surface area contributed by atoms with Crippen LogP contribution in [0.2, 0.25) is 0 Å². The molecule has 2 heterocycles. The van der Waals surface area contributed by atoms with Gasteiger partial charge in [-0.3, -0.25) is 9.69 Å². The average molecular weight is 550 g/mol. The van der Waals surface area contributed by atoms with Crippen molar-refractivity contribution in [3.63, 3.8) is 0 Å². The van der Waals surface area contributed by atoms with E-state index in [1.807, 2.05) is 36.1 Å². The van der Waals surface area contributed by atoms with Gasteiger partial charge in [0.2, 0.25) is 23.6 Å². The number of nitrogens with zero attached hydrogens (tertiary/aromatic N) is 5. The SMILES string of the molecule is C=CC(=O)Nc1cccc(Nc2ncnc(N(CC)c3cc(OC)c(OC)c(OCCN4CCOCC4)c3)n2)c1. The van der Waals surface area contributed by atoms with Crippen LogP contribution in [0.3, 0.4) is 0 Å². The Bertz CT molecular complexity index is 1300. The van der Waals surface area contributed by atoms with Crippen molar-refractivity contribution >= 4 is 34.9 Å². The van der Waals surface area contributed by atoms with Crippen molar-refractivity contribution in [2.24, 2.45) is 0 Å². The fraction of sp³-hybridized carbons (Fsp3) is 0.357. The van der Waals surface area contributed by atoms with E-state index in [2.05, 4.69) is 37.1 Å². The average Bonchev–Trinajstić information content (AvgIpc) is 2.98. The molecule has 0 unspecified atom stereocenters. The molecule has 1 aliphatic heterocycles. The molecular weight excluding hydrogens is 514 g/mol. The topological polar surface area (TPSA) is 123 Å². The number of amides is 1. The largest absolute Gasteiger partial charge is 0.493 e.